The Hall–Kier alpha value is -1.03. The second kappa shape index (κ2) is 5.34. The number of nitrogens with zero attached hydrogens (tertiary/aromatic N) is 2. The van der Waals surface area contributed by atoms with E-state index >= 15 is 0 Å². The first-order valence-corrected chi connectivity index (χ1v) is 6.66. The first-order valence-electron chi connectivity index (χ1n) is 5.67. The van der Waals surface area contributed by atoms with Gasteiger partial charge in [0.15, 0.2) is 5.17 Å². The van der Waals surface area contributed by atoms with E-state index < -0.39 is 0 Å². The largest absolute Gasteiger partial charge is 0.357 e. The molecule has 0 spiro atoms. The van der Waals surface area contributed by atoms with Crippen molar-refractivity contribution in [2.45, 2.75) is 32.4 Å². The van der Waals surface area contributed by atoms with Gasteiger partial charge in [-0.25, -0.2) is 0 Å². The van der Waals surface area contributed by atoms with Crippen LogP contribution >= 0.6 is 11.8 Å². The zero-order valence-electron chi connectivity index (χ0n) is 9.68. The van der Waals surface area contributed by atoms with Crippen LogP contribution in [-0.2, 0) is 0 Å². The molecule has 2 heterocycles. The second-order valence-corrected chi connectivity index (χ2v) is 4.94. The van der Waals surface area contributed by atoms with E-state index in [4.69, 9.17) is 0 Å². The average Bonchev–Trinajstić information content (AvgIpc) is 2.78. The lowest BCUT2D eigenvalue weighted by molar-refractivity contribution is 0.685. The van der Waals surface area contributed by atoms with Gasteiger partial charge in [-0.15, -0.1) is 0 Å². The van der Waals surface area contributed by atoms with Gasteiger partial charge in [-0.2, -0.15) is 0 Å². The van der Waals surface area contributed by atoms with E-state index in [-0.39, 0.29) is 6.04 Å². The van der Waals surface area contributed by atoms with E-state index in [1.807, 2.05) is 36.2 Å². The number of hydrogen-bond acceptors (Lipinski definition) is 4. The van der Waals surface area contributed by atoms with Crippen LogP contribution in [-0.4, -0.2) is 21.9 Å². The maximum atomic E-state index is 4.61. The molecular weight excluding hydrogens is 218 g/mol. The molecule has 3 nitrogen and oxygen atoms in total. The molecule has 4 heteroatoms. The quantitative estimate of drug-likeness (QED) is 0.875. The summed E-state index contributed by atoms with van der Waals surface area (Å²) in [5, 5.41) is 4.47. The number of aromatic nitrogens is 1. The fourth-order valence-electron chi connectivity index (χ4n) is 1.59. The summed E-state index contributed by atoms with van der Waals surface area (Å²) in [6.45, 7) is 4.30. The van der Waals surface area contributed by atoms with Crippen LogP contribution in [0.5, 0.6) is 0 Å². The predicted octanol–water partition coefficient (Wildman–Crippen LogP) is 2.61. The molecule has 1 aliphatic heterocycles. The Labute approximate surface area is 101 Å². The van der Waals surface area contributed by atoms with Gasteiger partial charge >= 0.3 is 0 Å². The van der Waals surface area contributed by atoms with Gasteiger partial charge in [0, 0.05) is 11.9 Å². The van der Waals surface area contributed by atoms with Gasteiger partial charge in [0.25, 0.3) is 0 Å². The summed E-state index contributed by atoms with van der Waals surface area (Å²) in [4.78, 5) is 8.95. The molecule has 86 valence electrons. The molecule has 1 aromatic heterocycles. The van der Waals surface area contributed by atoms with Crippen molar-refractivity contribution in [3.05, 3.63) is 30.1 Å². The fraction of sp³-hybridized carbons (Fsp3) is 0.500. The molecule has 0 bridgehead atoms. The Bertz CT molecular complexity index is 364. The summed E-state index contributed by atoms with van der Waals surface area (Å²) >= 11 is 1.81. The van der Waals surface area contributed by atoms with E-state index in [1.54, 1.807) is 0 Å². The van der Waals surface area contributed by atoms with Gasteiger partial charge < -0.3 is 5.32 Å². The van der Waals surface area contributed by atoms with Gasteiger partial charge in [0.05, 0.1) is 17.8 Å². The molecule has 2 atom stereocenters. The van der Waals surface area contributed by atoms with Gasteiger partial charge in [-0.05, 0) is 25.5 Å². The molecule has 1 aromatic rings. The Kier molecular flexibility index (Phi) is 3.83. The molecule has 2 rings (SSSR count). The molecule has 0 amide bonds. The van der Waals surface area contributed by atoms with Crippen molar-refractivity contribution in [2.75, 3.05) is 5.75 Å². The number of hydrogen-bond donors (Lipinski definition) is 1. The highest BCUT2D eigenvalue weighted by Crippen LogP contribution is 2.20. The van der Waals surface area contributed by atoms with Crippen LogP contribution in [0.3, 0.4) is 0 Å². The SMILES string of the molecule is CCC1CSC(NC(C)c2ccccn2)=N1. The van der Waals surface area contributed by atoms with Crippen LogP contribution in [0, 0.1) is 0 Å². The molecular formula is C12H17N3S. The Morgan fingerprint density at radius 3 is 3.06 bits per heavy atom. The van der Waals surface area contributed by atoms with E-state index in [9.17, 15) is 0 Å². The smallest absolute Gasteiger partial charge is 0.157 e. The van der Waals surface area contributed by atoms with E-state index in [0.717, 1.165) is 23.0 Å². The Balaban J connectivity index is 1.96. The Morgan fingerprint density at radius 2 is 2.44 bits per heavy atom. The Morgan fingerprint density at radius 1 is 1.56 bits per heavy atom. The van der Waals surface area contributed by atoms with Crippen molar-refractivity contribution in [3.63, 3.8) is 0 Å². The third-order valence-electron chi connectivity index (χ3n) is 2.65. The minimum Gasteiger partial charge on any atom is -0.357 e. The molecule has 0 radical (unpaired) electrons. The molecule has 0 aliphatic carbocycles. The fourth-order valence-corrected chi connectivity index (χ4v) is 2.74. The van der Waals surface area contributed by atoms with Crippen LogP contribution in [0.15, 0.2) is 29.4 Å². The first-order chi connectivity index (χ1) is 7.79. The molecule has 0 saturated carbocycles. The number of thioether (sulfide) groups is 1. The van der Waals surface area contributed by atoms with Crippen LogP contribution < -0.4 is 5.32 Å². The standard InChI is InChI=1S/C12H17N3S/c1-3-10-8-16-12(15-10)14-9(2)11-6-4-5-7-13-11/h4-7,9-10H,3,8H2,1-2H3,(H,14,15). The van der Waals surface area contributed by atoms with Gasteiger partial charge in [0.1, 0.15) is 0 Å². The van der Waals surface area contributed by atoms with Crippen LogP contribution in [0.4, 0.5) is 0 Å². The lowest BCUT2D eigenvalue weighted by atomic mass is 10.2. The maximum absolute atomic E-state index is 4.61. The molecule has 0 aromatic carbocycles. The summed E-state index contributed by atoms with van der Waals surface area (Å²) < 4.78 is 0. The highest BCUT2D eigenvalue weighted by Gasteiger charge is 2.18. The van der Waals surface area contributed by atoms with Gasteiger partial charge in [-0.3, -0.25) is 9.98 Å². The van der Waals surface area contributed by atoms with Crippen LogP contribution in [0.25, 0.3) is 0 Å². The van der Waals surface area contributed by atoms with Crippen molar-refractivity contribution < 1.29 is 0 Å². The van der Waals surface area contributed by atoms with Crippen molar-refractivity contribution >= 4 is 16.9 Å². The minimum absolute atomic E-state index is 0.225. The topological polar surface area (TPSA) is 37.3 Å². The molecule has 0 saturated heterocycles. The average molecular weight is 235 g/mol. The minimum atomic E-state index is 0.225. The van der Waals surface area contributed by atoms with Crippen molar-refractivity contribution in [1.29, 1.82) is 0 Å². The van der Waals surface area contributed by atoms with Crippen LogP contribution in [0.2, 0.25) is 0 Å². The number of rotatable bonds is 3. The number of aliphatic imine (C=N–C) groups is 1. The molecule has 1 aliphatic rings. The molecule has 16 heavy (non-hydrogen) atoms. The van der Waals surface area contributed by atoms with E-state index in [2.05, 4.69) is 29.1 Å². The first kappa shape index (κ1) is 11.5. The normalized spacial score (nSPS) is 21.6. The van der Waals surface area contributed by atoms with Crippen molar-refractivity contribution in [2.24, 2.45) is 4.99 Å². The zero-order valence-corrected chi connectivity index (χ0v) is 10.5. The lowest BCUT2D eigenvalue weighted by Crippen LogP contribution is -2.23. The maximum Gasteiger partial charge on any atom is 0.157 e. The van der Waals surface area contributed by atoms with Crippen LogP contribution in [0.1, 0.15) is 32.0 Å². The van der Waals surface area contributed by atoms with E-state index in [1.165, 1.54) is 0 Å². The van der Waals surface area contributed by atoms with Crippen molar-refractivity contribution in [1.82, 2.24) is 10.3 Å². The summed E-state index contributed by atoms with van der Waals surface area (Å²) in [6, 6.07) is 6.70. The second-order valence-electron chi connectivity index (χ2n) is 3.93. The zero-order chi connectivity index (χ0) is 11.4. The third kappa shape index (κ3) is 2.76. The van der Waals surface area contributed by atoms with Gasteiger partial charge in [-0.1, -0.05) is 24.8 Å². The summed E-state index contributed by atoms with van der Waals surface area (Å²) in [6.07, 6.45) is 2.95. The number of pyridine rings is 1. The summed E-state index contributed by atoms with van der Waals surface area (Å²) in [7, 11) is 0. The lowest BCUT2D eigenvalue weighted by Gasteiger charge is -2.13. The highest BCUT2D eigenvalue weighted by atomic mass is 32.2. The predicted molar refractivity (Wildman–Crippen MR) is 69.8 cm³/mol. The van der Waals surface area contributed by atoms with Crippen molar-refractivity contribution in [3.8, 4) is 0 Å². The monoisotopic (exact) mass is 235 g/mol. The number of nitrogens with one attached hydrogen (secondary N) is 1. The summed E-state index contributed by atoms with van der Waals surface area (Å²) in [5.74, 6) is 1.10. The molecule has 0 fully saturated rings. The molecule has 1 N–H and O–H groups in total. The van der Waals surface area contributed by atoms with Gasteiger partial charge in [0.2, 0.25) is 0 Å². The number of amidine groups is 1. The third-order valence-corrected chi connectivity index (χ3v) is 3.70. The molecule has 2 unspecified atom stereocenters. The van der Waals surface area contributed by atoms with E-state index in [0.29, 0.717) is 6.04 Å². The highest BCUT2D eigenvalue weighted by molar-refractivity contribution is 8.14. The summed E-state index contributed by atoms with van der Waals surface area (Å²) in [5.41, 5.74) is 1.06.